The predicted molar refractivity (Wildman–Crippen MR) is 60.5 cm³/mol. The Morgan fingerprint density at radius 2 is 2.07 bits per heavy atom. The standard InChI is InChI=1S/C11H18N4/c1-11(2)3-4-15(8-11)10-13-6-9(5-12)7-14-10/h6-7H,3-5,8,12H2,1-2H3. The first-order valence-electron chi connectivity index (χ1n) is 5.37. The Hall–Kier alpha value is -1.16. The van der Waals surface area contributed by atoms with Gasteiger partial charge in [-0.25, -0.2) is 9.97 Å². The molecule has 4 nitrogen and oxygen atoms in total. The maximum absolute atomic E-state index is 5.50. The summed E-state index contributed by atoms with van der Waals surface area (Å²) in [6, 6.07) is 0. The Morgan fingerprint density at radius 1 is 1.40 bits per heavy atom. The molecule has 1 fully saturated rings. The van der Waals surface area contributed by atoms with E-state index >= 15 is 0 Å². The van der Waals surface area contributed by atoms with Crippen LogP contribution in [0.25, 0.3) is 0 Å². The molecule has 0 bridgehead atoms. The zero-order valence-corrected chi connectivity index (χ0v) is 9.40. The Labute approximate surface area is 90.5 Å². The van der Waals surface area contributed by atoms with Crippen LogP contribution in [0.4, 0.5) is 5.95 Å². The van der Waals surface area contributed by atoms with Crippen LogP contribution in [0, 0.1) is 5.41 Å². The highest BCUT2D eigenvalue weighted by Crippen LogP contribution is 2.30. The van der Waals surface area contributed by atoms with E-state index in [0.29, 0.717) is 12.0 Å². The van der Waals surface area contributed by atoms with Crippen LogP contribution >= 0.6 is 0 Å². The number of aromatic nitrogens is 2. The molecule has 1 aliphatic heterocycles. The molecule has 2 heterocycles. The smallest absolute Gasteiger partial charge is 0.225 e. The van der Waals surface area contributed by atoms with E-state index in [0.717, 1.165) is 24.6 Å². The lowest BCUT2D eigenvalue weighted by Crippen LogP contribution is -2.24. The predicted octanol–water partition coefficient (Wildman–Crippen LogP) is 1.17. The van der Waals surface area contributed by atoms with Gasteiger partial charge in [0.05, 0.1) is 0 Å². The second-order valence-corrected chi connectivity index (χ2v) is 4.93. The molecule has 0 radical (unpaired) electrons. The summed E-state index contributed by atoms with van der Waals surface area (Å²) in [4.78, 5) is 10.9. The second-order valence-electron chi connectivity index (χ2n) is 4.93. The summed E-state index contributed by atoms with van der Waals surface area (Å²) in [5.74, 6) is 0.831. The number of rotatable bonds is 2. The van der Waals surface area contributed by atoms with Gasteiger partial charge >= 0.3 is 0 Å². The maximum atomic E-state index is 5.50. The minimum Gasteiger partial charge on any atom is -0.340 e. The topological polar surface area (TPSA) is 55.0 Å². The first kappa shape index (κ1) is 10.4. The highest BCUT2D eigenvalue weighted by atomic mass is 15.3. The summed E-state index contributed by atoms with van der Waals surface area (Å²) in [6.07, 6.45) is 4.83. The van der Waals surface area contributed by atoms with E-state index in [1.54, 1.807) is 0 Å². The summed E-state index contributed by atoms with van der Waals surface area (Å²) in [6.45, 7) is 7.15. The molecule has 1 aromatic heterocycles. The van der Waals surface area contributed by atoms with Crippen LogP contribution in [-0.4, -0.2) is 23.1 Å². The molecule has 1 saturated heterocycles. The fourth-order valence-electron chi connectivity index (χ4n) is 1.90. The molecular weight excluding hydrogens is 188 g/mol. The van der Waals surface area contributed by atoms with Crippen LogP contribution in [0.5, 0.6) is 0 Å². The zero-order valence-electron chi connectivity index (χ0n) is 9.40. The van der Waals surface area contributed by atoms with Gasteiger partial charge < -0.3 is 10.6 Å². The Bertz CT molecular complexity index is 331. The van der Waals surface area contributed by atoms with E-state index in [-0.39, 0.29) is 0 Å². The van der Waals surface area contributed by atoms with Gasteiger partial charge in [0.1, 0.15) is 0 Å². The van der Waals surface area contributed by atoms with E-state index in [1.807, 2.05) is 12.4 Å². The molecule has 1 aliphatic rings. The van der Waals surface area contributed by atoms with E-state index in [2.05, 4.69) is 28.7 Å². The molecule has 1 aromatic rings. The van der Waals surface area contributed by atoms with Gasteiger partial charge in [0.15, 0.2) is 0 Å². The molecule has 15 heavy (non-hydrogen) atoms. The maximum Gasteiger partial charge on any atom is 0.225 e. The number of nitrogens with zero attached hydrogens (tertiary/aromatic N) is 3. The van der Waals surface area contributed by atoms with Gasteiger partial charge in [0.2, 0.25) is 5.95 Å². The molecule has 0 saturated carbocycles. The van der Waals surface area contributed by atoms with Crippen LogP contribution in [0.2, 0.25) is 0 Å². The van der Waals surface area contributed by atoms with Crippen molar-refractivity contribution in [1.82, 2.24) is 9.97 Å². The first-order valence-corrected chi connectivity index (χ1v) is 5.37. The van der Waals surface area contributed by atoms with Crippen molar-refractivity contribution in [2.45, 2.75) is 26.8 Å². The van der Waals surface area contributed by atoms with E-state index < -0.39 is 0 Å². The largest absolute Gasteiger partial charge is 0.340 e. The zero-order chi connectivity index (χ0) is 10.9. The molecule has 0 amide bonds. The van der Waals surface area contributed by atoms with Crippen LogP contribution in [0.3, 0.4) is 0 Å². The number of hydrogen-bond donors (Lipinski definition) is 1. The van der Waals surface area contributed by atoms with Gasteiger partial charge in [-0.05, 0) is 11.8 Å². The lowest BCUT2D eigenvalue weighted by molar-refractivity contribution is 0.418. The molecule has 0 aliphatic carbocycles. The first-order chi connectivity index (χ1) is 7.11. The van der Waals surface area contributed by atoms with E-state index in [4.69, 9.17) is 5.73 Å². The quantitative estimate of drug-likeness (QED) is 0.789. The molecule has 4 heteroatoms. The Balaban J connectivity index is 2.11. The van der Waals surface area contributed by atoms with Crippen LogP contribution in [0.1, 0.15) is 25.8 Å². The fraction of sp³-hybridized carbons (Fsp3) is 0.636. The van der Waals surface area contributed by atoms with Gasteiger partial charge in [-0.15, -0.1) is 0 Å². The second kappa shape index (κ2) is 3.77. The normalized spacial score (nSPS) is 19.5. The molecule has 2 rings (SSSR count). The summed E-state index contributed by atoms with van der Waals surface area (Å²) >= 11 is 0. The molecular formula is C11H18N4. The van der Waals surface area contributed by atoms with Gasteiger partial charge in [-0.2, -0.15) is 0 Å². The minimum atomic E-state index is 0.385. The van der Waals surface area contributed by atoms with Crippen molar-refractivity contribution in [3.8, 4) is 0 Å². The molecule has 0 unspecified atom stereocenters. The van der Waals surface area contributed by atoms with Crippen LogP contribution in [0.15, 0.2) is 12.4 Å². The van der Waals surface area contributed by atoms with E-state index in [9.17, 15) is 0 Å². The van der Waals surface area contributed by atoms with Gasteiger partial charge in [-0.1, -0.05) is 13.8 Å². The summed E-state index contributed by atoms with van der Waals surface area (Å²) in [5.41, 5.74) is 6.87. The lowest BCUT2D eigenvalue weighted by atomic mass is 9.93. The van der Waals surface area contributed by atoms with Crippen LogP contribution in [-0.2, 0) is 6.54 Å². The number of hydrogen-bond acceptors (Lipinski definition) is 4. The van der Waals surface area contributed by atoms with Crippen molar-refractivity contribution in [3.05, 3.63) is 18.0 Å². The third-order valence-corrected chi connectivity index (χ3v) is 2.89. The van der Waals surface area contributed by atoms with Crippen molar-refractivity contribution in [1.29, 1.82) is 0 Å². The van der Waals surface area contributed by atoms with Crippen molar-refractivity contribution < 1.29 is 0 Å². The molecule has 0 atom stereocenters. The van der Waals surface area contributed by atoms with Crippen molar-refractivity contribution in [3.63, 3.8) is 0 Å². The third-order valence-electron chi connectivity index (χ3n) is 2.89. The van der Waals surface area contributed by atoms with E-state index in [1.165, 1.54) is 6.42 Å². The SMILES string of the molecule is CC1(C)CCN(c2ncc(CN)cn2)C1. The van der Waals surface area contributed by atoms with Crippen molar-refractivity contribution >= 4 is 5.95 Å². The van der Waals surface area contributed by atoms with Crippen molar-refractivity contribution in [2.24, 2.45) is 11.1 Å². The summed E-state index contributed by atoms with van der Waals surface area (Å²) in [7, 11) is 0. The third kappa shape index (κ3) is 2.26. The highest BCUT2D eigenvalue weighted by Gasteiger charge is 2.30. The minimum absolute atomic E-state index is 0.385. The Morgan fingerprint density at radius 3 is 2.53 bits per heavy atom. The fourth-order valence-corrected chi connectivity index (χ4v) is 1.90. The average Bonchev–Trinajstić information content (AvgIpc) is 2.59. The van der Waals surface area contributed by atoms with Crippen molar-refractivity contribution in [2.75, 3.05) is 18.0 Å². The monoisotopic (exact) mass is 206 g/mol. The molecule has 0 spiro atoms. The average molecular weight is 206 g/mol. The molecule has 2 N–H and O–H groups in total. The lowest BCUT2D eigenvalue weighted by Gasteiger charge is -2.19. The van der Waals surface area contributed by atoms with Gasteiger partial charge in [-0.3, -0.25) is 0 Å². The molecule has 82 valence electrons. The number of anilines is 1. The van der Waals surface area contributed by atoms with Gasteiger partial charge in [0.25, 0.3) is 0 Å². The Kier molecular flexibility index (Phi) is 2.61. The molecule has 0 aromatic carbocycles. The van der Waals surface area contributed by atoms with Crippen LogP contribution < -0.4 is 10.6 Å². The van der Waals surface area contributed by atoms with Gasteiger partial charge in [0, 0.05) is 37.6 Å². The summed E-state index contributed by atoms with van der Waals surface area (Å²) in [5, 5.41) is 0. The number of nitrogens with two attached hydrogens (primary N) is 1. The highest BCUT2D eigenvalue weighted by molar-refractivity contribution is 5.32. The summed E-state index contributed by atoms with van der Waals surface area (Å²) < 4.78 is 0.